The molecular formula is C22H19FN2O2. The van der Waals surface area contributed by atoms with Crippen LogP contribution in [-0.2, 0) is 0 Å². The van der Waals surface area contributed by atoms with E-state index in [0.717, 1.165) is 40.8 Å². The first-order valence-corrected chi connectivity index (χ1v) is 8.90. The first-order chi connectivity index (χ1) is 13.2. The third-order valence-corrected chi connectivity index (χ3v) is 4.86. The molecule has 1 aromatic heterocycles. The van der Waals surface area contributed by atoms with Gasteiger partial charge >= 0.3 is 0 Å². The summed E-state index contributed by atoms with van der Waals surface area (Å²) in [6.07, 6.45) is 4.98. The van der Waals surface area contributed by atoms with Crippen LogP contribution in [0, 0.1) is 5.82 Å². The molecule has 1 N–H and O–H groups in total. The first kappa shape index (κ1) is 17.2. The highest BCUT2D eigenvalue weighted by molar-refractivity contribution is 5.83. The lowest BCUT2D eigenvalue weighted by Gasteiger charge is -2.27. The summed E-state index contributed by atoms with van der Waals surface area (Å²) in [5.74, 6) is 0.835. The fourth-order valence-corrected chi connectivity index (χ4v) is 3.41. The number of carbonyl (C=O) groups is 1. The van der Waals surface area contributed by atoms with Crippen molar-refractivity contribution in [2.75, 3.05) is 18.5 Å². The average molecular weight is 362 g/mol. The van der Waals surface area contributed by atoms with Gasteiger partial charge in [-0.15, -0.1) is 0 Å². The summed E-state index contributed by atoms with van der Waals surface area (Å²) < 4.78 is 19.4. The Morgan fingerprint density at radius 3 is 2.93 bits per heavy atom. The molecule has 0 fully saturated rings. The van der Waals surface area contributed by atoms with Gasteiger partial charge in [0.05, 0.1) is 18.5 Å². The number of fused-ring (bicyclic) bond motifs is 1. The van der Waals surface area contributed by atoms with Gasteiger partial charge in [-0.25, -0.2) is 4.39 Å². The minimum atomic E-state index is -0.254. The highest BCUT2D eigenvalue weighted by Gasteiger charge is 2.22. The van der Waals surface area contributed by atoms with Gasteiger partial charge in [-0.2, -0.15) is 0 Å². The third kappa shape index (κ3) is 3.67. The number of hydrogen-bond acceptors (Lipinski definition) is 4. The molecule has 2 heterocycles. The molecule has 0 aliphatic carbocycles. The number of anilines is 1. The van der Waals surface area contributed by atoms with Crippen LogP contribution in [0.25, 0.3) is 11.1 Å². The summed E-state index contributed by atoms with van der Waals surface area (Å²) in [5.41, 5.74) is 4.20. The van der Waals surface area contributed by atoms with Crippen LogP contribution in [0.5, 0.6) is 5.75 Å². The normalized spacial score (nSPS) is 15.5. The number of ether oxygens (including phenoxy) is 1. The van der Waals surface area contributed by atoms with E-state index in [1.807, 2.05) is 24.3 Å². The second kappa shape index (κ2) is 7.58. The van der Waals surface area contributed by atoms with Crippen LogP contribution in [-0.4, -0.2) is 24.4 Å². The zero-order valence-corrected chi connectivity index (χ0v) is 14.7. The largest absolute Gasteiger partial charge is 0.493 e. The molecule has 1 aliphatic rings. The molecule has 0 saturated heterocycles. The summed E-state index contributed by atoms with van der Waals surface area (Å²) in [4.78, 5) is 15.2. The fraction of sp³-hybridized carbons (Fsp3) is 0.182. The molecule has 4 rings (SSSR count). The molecule has 2 aromatic carbocycles. The Balaban J connectivity index is 1.56. The fourth-order valence-electron chi connectivity index (χ4n) is 3.41. The number of nitrogens with zero attached hydrogens (tertiary/aromatic N) is 1. The Kier molecular flexibility index (Phi) is 4.83. The maximum atomic E-state index is 13.5. The molecule has 1 aliphatic heterocycles. The van der Waals surface area contributed by atoms with Crippen LogP contribution in [0.3, 0.4) is 0 Å². The van der Waals surface area contributed by atoms with Crippen molar-refractivity contribution in [3.8, 4) is 16.9 Å². The summed E-state index contributed by atoms with van der Waals surface area (Å²) in [6.45, 7) is 1.31. The summed E-state index contributed by atoms with van der Waals surface area (Å²) in [6, 6.07) is 14.3. The monoisotopic (exact) mass is 362 g/mol. The van der Waals surface area contributed by atoms with Gasteiger partial charge in [-0.05, 0) is 47.4 Å². The Labute approximate surface area is 157 Å². The first-order valence-electron chi connectivity index (χ1n) is 8.90. The van der Waals surface area contributed by atoms with E-state index in [4.69, 9.17) is 4.74 Å². The van der Waals surface area contributed by atoms with Crippen molar-refractivity contribution in [3.63, 3.8) is 0 Å². The lowest BCUT2D eigenvalue weighted by atomic mass is 9.91. The van der Waals surface area contributed by atoms with Gasteiger partial charge in [0.2, 0.25) is 0 Å². The van der Waals surface area contributed by atoms with E-state index in [1.54, 1.807) is 24.5 Å². The van der Waals surface area contributed by atoms with E-state index in [2.05, 4.69) is 10.3 Å². The maximum Gasteiger partial charge on any atom is 0.152 e. The minimum absolute atomic E-state index is 0.254. The Morgan fingerprint density at radius 2 is 2.07 bits per heavy atom. The van der Waals surface area contributed by atoms with Crippen molar-refractivity contribution in [1.29, 1.82) is 0 Å². The van der Waals surface area contributed by atoms with Gasteiger partial charge in [0, 0.05) is 24.2 Å². The molecule has 5 heteroatoms. The zero-order chi connectivity index (χ0) is 18.6. The predicted octanol–water partition coefficient (Wildman–Crippen LogP) is 4.68. The van der Waals surface area contributed by atoms with Gasteiger partial charge < -0.3 is 10.1 Å². The van der Waals surface area contributed by atoms with Crippen LogP contribution >= 0.6 is 0 Å². The van der Waals surface area contributed by atoms with Gasteiger partial charge in [-0.1, -0.05) is 24.3 Å². The van der Waals surface area contributed by atoms with Crippen molar-refractivity contribution >= 4 is 12.0 Å². The second-order valence-corrected chi connectivity index (χ2v) is 6.56. The van der Waals surface area contributed by atoms with Crippen LogP contribution < -0.4 is 10.1 Å². The number of carbonyl (C=O) groups excluding carboxylic acids is 1. The Hall–Kier alpha value is -3.21. The van der Waals surface area contributed by atoms with E-state index in [-0.39, 0.29) is 11.7 Å². The Bertz CT molecular complexity index is 974. The van der Waals surface area contributed by atoms with Crippen molar-refractivity contribution in [3.05, 3.63) is 77.9 Å². The number of aromatic nitrogens is 1. The molecule has 4 nitrogen and oxygen atoms in total. The lowest BCUT2D eigenvalue weighted by Crippen LogP contribution is -2.21. The number of rotatable bonds is 5. The van der Waals surface area contributed by atoms with Gasteiger partial charge in [0.1, 0.15) is 11.6 Å². The number of aldehydes is 1. The van der Waals surface area contributed by atoms with Crippen LogP contribution in [0.4, 0.5) is 10.1 Å². The zero-order valence-electron chi connectivity index (χ0n) is 14.7. The molecule has 0 amide bonds. The van der Waals surface area contributed by atoms with E-state index in [1.165, 1.54) is 12.1 Å². The SMILES string of the molecule is O=Cc1ccncc1NCC1CCOc2cc(-c3cccc(F)c3)ccc21. The van der Waals surface area contributed by atoms with Crippen molar-refractivity contribution in [2.45, 2.75) is 12.3 Å². The molecule has 136 valence electrons. The van der Waals surface area contributed by atoms with Crippen molar-refractivity contribution in [1.82, 2.24) is 4.98 Å². The quantitative estimate of drug-likeness (QED) is 0.670. The van der Waals surface area contributed by atoms with Crippen molar-refractivity contribution in [2.24, 2.45) is 0 Å². The lowest BCUT2D eigenvalue weighted by molar-refractivity contribution is 0.112. The molecule has 3 aromatic rings. The summed E-state index contributed by atoms with van der Waals surface area (Å²) in [7, 11) is 0. The van der Waals surface area contributed by atoms with Gasteiger partial charge in [-0.3, -0.25) is 9.78 Å². The molecular weight excluding hydrogens is 343 g/mol. The second-order valence-electron chi connectivity index (χ2n) is 6.56. The summed E-state index contributed by atoms with van der Waals surface area (Å²) >= 11 is 0. The van der Waals surface area contributed by atoms with E-state index in [9.17, 15) is 9.18 Å². The molecule has 27 heavy (non-hydrogen) atoms. The molecule has 0 bridgehead atoms. The Morgan fingerprint density at radius 1 is 1.19 bits per heavy atom. The number of nitrogens with one attached hydrogen (secondary N) is 1. The highest BCUT2D eigenvalue weighted by Crippen LogP contribution is 2.37. The number of hydrogen-bond donors (Lipinski definition) is 1. The topological polar surface area (TPSA) is 51.2 Å². The van der Waals surface area contributed by atoms with E-state index >= 15 is 0 Å². The van der Waals surface area contributed by atoms with Gasteiger partial charge in [0.25, 0.3) is 0 Å². The van der Waals surface area contributed by atoms with E-state index < -0.39 is 0 Å². The minimum Gasteiger partial charge on any atom is -0.493 e. The van der Waals surface area contributed by atoms with Gasteiger partial charge in [0.15, 0.2) is 6.29 Å². The molecule has 1 atom stereocenters. The molecule has 0 saturated carbocycles. The highest BCUT2D eigenvalue weighted by atomic mass is 19.1. The number of benzene rings is 2. The standard InChI is InChI=1S/C22H19FN2O2/c23-19-3-1-2-15(10-19)16-4-5-20-17(7-9-27-22(20)11-16)12-25-21-13-24-8-6-18(21)14-26/h1-6,8,10-11,13-14,17,25H,7,9,12H2. The number of pyridine rings is 1. The van der Waals surface area contributed by atoms with Crippen LogP contribution in [0.1, 0.15) is 28.3 Å². The van der Waals surface area contributed by atoms with E-state index in [0.29, 0.717) is 18.7 Å². The van der Waals surface area contributed by atoms with Crippen molar-refractivity contribution < 1.29 is 13.9 Å². The summed E-state index contributed by atoms with van der Waals surface area (Å²) in [5, 5.41) is 3.33. The molecule has 1 unspecified atom stereocenters. The molecule has 0 radical (unpaired) electrons. The number of halogens is 1. The predicted molar refractivity (Wildman–Crippen MR) is 103 cm³/mol. The maximum absolute atomic E-state index is 13.5. The third-order valence-electron chi connectivity index (χ3n) is 4.86. The van der Waals surface area contributed by atoms with Crippen LogP contribution in [0.15, 0.2) is 60.9 Å². The van der Waals surface area contributed by atoms with Crippen LogP contribution in [0.2, 0.25) is 0 Å². The smallest absolute Gasteiger partial charge is 0.152 e. The average Bonchev–Trinajstić information content (AvgIpc) is 2.72. The molecule has 0 spiro atoms.